The number of esters is 2. The fourth-order valence-corrected chi connectivity index (χ4v) is 14.2. The van der Waals surface area contributed by atoms with Gasteiger partial charge in [-0.05, 0) is 115 Å². The number of carbonyl (C=O) groups is 5. The third-order valence-electron chi connectivity index (χ3n) is 16.2. The van der Waals surface area contributed by atoms with Crippen molar-refractivity contribution in [2.24, 2.45) is 63.6 Å². The van der Waals surface area contributed by atoms with Gasteiger partial charge in [-0.25, -0.2) is 4.79 Å². The molecule has 304 valence electrons. The summed E-state index contributed by atoms with van der Waals surface area (Å²) < 4.78 is 85.2. The molecule has 1 saturated heterocycles. The van der Waals surface area contributed by atoms with Crippen molar-refractivity contribution in [1.29, 1.82) is 0 Å². The van der Waals surface area contributed by atoms with Crippen LogP contribution in [0.25, 0.3) is 0 Å². The molecule has 1 N–H and O–H groups in total. The summed E-state index contributed by atoms with van der Waals surface area (Å²) >= 11 is 0. The molecule has 7 unspecified atom stereocenters. The first kappa shape index (κ1) is 38.2. The van der Waals surface area contributed by atoms with Crippen LogP contribution in [0.3, 0.4) is 0 Å². The van der Waals surface area contributed by atoms with Gasteiger partial charge in [-0.2, -0.15) is 17.2 Å². The van der Waals surface area contributed by atoms with Gasteiger partial charge in [-0.1, -0.05) is 6.92 Å². The topological polar surface area (TPSA) is 177 Å². The first-order valence-corrected chi connectivity index (χ1v) is 21.9. The predicted molar refractivity (Wildman–Crippen MR) is 185 cm³/mol. The lowest BCUT2D eigenvalue weighted by Gasteiger charge is -2.59. The Hall–Kier alpha value is -2.36. The summed E-state index contributed by atoms with van der Waals surface area (Å²) in [6, 6.07) is 0. The van der Waals surface area contributed by atoms with Crippen molar-refractivity contribution in [3.63, 3.8) is 0 Å². The minimum atomic E-state index is -6.04. The summed E-state index contributed by atoms with van der Waals surface area (Å²) in [5, 5.41) is -5.11. The number of fused-ring (bicyclic) bond motifs is 3. The Morgan fingerprint density at radius 1 is 0.836 bits per heavy atom. The van der Waals surface area contributed by atoms with E-state index >= 15 is 0 Å². The van der Waals surface area contributed by atoms with Crippen LogP contribution in [0.4, 0.5) is 8.78 Å². The molecule has 0 aromatic carbocycles. The smallest absolute Gasteiger partial charge is 0.464 e. The molecule has 10 bridgehead atoms. The van der Waals surface area contributed by atoms with Gasteiger partial charge in [0.1, 0.15) is 29.6 Å². The highest BCUT2D eigenvalue weighted by Crippen LogP contribution is 2.62. The van der Waals surface area contributed by atoms with E-state index < -0.39 is 60.8 Å². The summed E-state index contributed by atoms with van der Waals surface area (Å²) in [4.78, 5) is 66.5. The number of hydrogen-bond donors (Lipinski definition) is 1. The van der Waals surface area contributed by atoms with Crippen LogP contribution in [0.1, 0.15) is 116 Å². The molecule has 15 heteroatoms. The van der Waals surface area contributed by atoms with Gasteiger partial charge in [0.25, 0.3) is 0 Å². The van der Waals surface area contributed by atoms with Gasteiger partial charge < -0.3 is 18.9 Å². The van der Waals surface area contributed by atoms with E-state index in [1.54, 1.807) is 6.92 Å². The van der Waals surface area contributed by atoms with Crippen molar-refractivity contribution >= 4 is 39.4 Å². The average molecular weight is 795 g/mol. The third-order valence-corrected chi connectivity index (χ3v) is 17.0. The third kappa shape index (κ3) is 5.92. The predicted octanol–water partition coefficient (Wildman–Crippen LogP) is 5.39. The van der Waals surface area contributed by atoms with Crippen molar-refractivity contribution in [3.8, 4) is 0 Å². The quantitative estimate of drug-likeness (QED) is 0.221. The summed E-state index contributed by atoms with van der Waals surface area (Å²) in [5.41, 5.74) is -3.50. The number of Topliss-reactive ketones (excluding diaryl/α,β-unsaturated/α-hetero) is 3. The highest BCUT2D eigenvalue weighted by atomic mass is 32.2. The standard InChI is InChI=1S/C40H52F2O12S/c1-22-11-38(54-34(47)40(41,42)55(48,49)50)5-2-3-29(18-38)39(22)52-20-35(21-53-39,6-4-30(43)36-12-23-7-25(14-36)31(44)26(8-23)15-36)19-51-33(46)37-13-24-9-27(16-37)32(45)28(10-24)17-37/h22-29H,2-21H2,1H3,(H,48,49,50). The molecular formula is C40H52F2O12S. The van der Waals surface area contributed by atoms with Gasteiger partial charge in [0.15, 0.2) is 5.79 Å². The van der Waals surface area contributed by atoms with Gasteiger partial charge in [-0.15, -0.1) is 0 Å². The van der Waals surface area contributed by atoms with E-state index in [0.29, 0.717) is 69.0 Å². The second-order valence-corrected chi connectivity index (χ2v) is 21.3. The van der Waals surface area contributed by atoms with Crippen LogP contribution in [0.5, 0.6) is 0 Å². The minimum absolute atomic E-state index is 0.0461. The first-order valence-electron chi connectivity index (χ1n) is 20.5. The van der Waals surface area contributed by atoms with E-state index in [2.05, 4.69) is 0 Å². The Labute approximate surface area is 319 Å². The van der Waals surface area contributed by atoms with Crippen LogP contribution >= 0.6 is 0 Å². The lowest BCUT2D eigenvalue weighted by molar-refractivity contribution is -0.375. The zero-order valence-corrected chi connectivity index (χ0v) is 32.2. The minimum Gasteiger partial charge on any atom is -0.464 e. The number of hydrogen-bond acceptors (Lipinski definition) is 11. The lowest BCUT2D eigenvalue weighted by atomic mass is 9.47. The molecule has 12 nitrogen and oxygen atoms in total. The Morgan fingerprint density at radius 2 is 1.38 bits per heavy atom. The van der Waals surface area contributed by atoms with Crippen LogP contribution in [0.15, 0.2) is 0 Å². The fraction of sp³-hybridized carbons (Fsp3) is 0.875. The maximum atomic E-state index is 14.3. The second-order valence-electron chi connectivity index (χ2n) is 19.8. The highest BCUT2D eigenvalue weighted by molar-refractivity contribution is 7.87. The molecule has 7 atom stereocenters. The van der Waals surface area contributed by atoms with E-state index in [0.717, 1.165) is 32.1 Å². The largest absolute Gasteiger partial charge is 0.465 e. The first-order chi connectivity index (χ1) is 25.8. The number of ether oxygens (including phenoxy) is 4. The Kier molecular flexibility index (Phi) is 8.72. The number of alkyl halides is 2. The monoisotopic (exact) mass is 794 g/mol. The summed E-state index contributed by atoms with van der Waals surface area (Å²) in [5.74, 6) is -3.59. The van der Waals surface area contributed by atoms with E-state index in [-0.39, 0.29) is 86.7 Å². The highest BCUT2D eigenvalue weighted by Gasteiger charge is 2.65. The average Bonchev–Trinajstić information content (AvgIpc) is 3.12. The van der Waals surface area contributed by atoms with Crippen molar-refractivity contribution in [1.82, 2.24) is 0 Å². The fourth-order valence-electron chi connectivity index (χ4n) is 14.0. The molecule has 55 heavy (non-hydrogen) atoms. The van der Waals surface area contributed by atoms with Crippen LogP contribution in [-0.4, -0.2) is 78.7 Å². The maximum absolute atomic E-state index is 14.3. The molecule has 0 radical (unpaired) electrons. The molecular weight excluding hydrogens is 742 g/mol. The Bertz CT molecular complexity index is 1690. The molecule has 11 rings (SSSR count). The van der Waals surface area contributed by atoms with Gasteiger partial charge in [0.2, 0.25) is 0 Å². The van der Waals surface area contributed by atoms with Crippen molar-refractivity contribution < 1.29 is 64.7 Å². The maximum Gasteiger partial charge on any atom is 0.465 e. The van der Waals surface area contributed by atoms with Crippen molar-refractivity contribution in [3.05, 3.63) is 0 Å². The second kappa shape index (κ2) is 12.6. The molecule has 1 aliphatic heterocycles. The number of ketones is 3. The van der Waals surface area contributed by atoms with E-state index in [9.17, 15) is 41.2 Å². The SMILES string of the molecule is CC1CC2(OC(=O)C(F)(F)S(=O)(=O)O)CCCC(C2)C12OCC(CCC(=O)C13CC4CC(C1)C(=O)C(C4)C3)(COC(=O)C13CC4CC(C1)C(=O)C(C4)C3)CO2. The van der Waals surface area contributed by atoms with Crippen LogP contribution in [0.2, 0.25) is 0 Å². The summed E-state index contributed by atoms with van der Waals surface area (Å²) in [6.07, 6.45) is 9.05. The van der Waals surface area contributed by atoms with Gasteiger partial charge >= 0.3 is 27.3 Å². The molecule has 10 aliphatic carbocycles. The van der Waals surface area contributed by atoms with Crippen LogP contribution in [-0.2, 0) is 53.0 Å². The molecule has 1 spiro atoms. The van der Waals surface area contributed by atoms with Crippen LogP contribution < -0.4 is 0 Å². The Balaban J connectivity index is 0.927. The molecule has 0 amide bonds. The molecule has 0 aromatic heterocycles. The van der Waals surface area contributed by atoms with Crippen molar-refractivity contribution in [2.75, 3.05) is 19.8 Å². The van der Waals surface area contributed by atoms with E-state index in [1.165, 1.54) is 0 Å². The molecule has 11 aliphatic rings. The number of rotatable bonds is 10. The normalized spacial score (nSPS) is 46.9. The van der Waals surface area contributed by atoms with Gasteiger partial charge in [0.05, 0.1) is 24.0 Å². The number of halogens is 2. The van der Waals surface area contributed by atoms with E-state index in [1.807, 2.05) is 0 Å². The molecule has 1 heterocycles. The zero-order valence-electron chi connectivity index (χ0n) is 31.4. The molecule has 11 fully saturated rings. The summed E-state index contributed by atoms with van der Waals surface area (Å²) in [7, 11) is -6.04. The molecule has 10 saturated carbocycles. The van der Waals surface area contributed by atoms with E-state index in [4.69, 9.17) is 23.5 Å². The summed E-state index contributed by atoms with van der Waals surface area (Å²) in [6.45, 7) is 1.93. The van der Waals surface area contributed by atoms with Gasteiger partial charge in [-0.3, -0.25) is 23.7 Å². The lowest BCUT2D eigenvalue weighted by Crippen LogP contribution is -2.65. The molecule has 0 aromatic rings. The van der Waals surface area contributed by atoms with Crippen molar-refractivity contribution in [2.45, 2.75) is 133 Å². The van der Waals surface area contributed by atoms with Gasteiger partial charge in [0, 0.05) is 47.3 Å². The zero-order chi connectivity index (χ0) is 39.0. The number of carbonyl (C=O) groups excluding carboxylic acids is 5. The Morgan fingerprint density at radius 3 is 1.95 bits per heavy atom. The van der Waals surface area contributed by atoms with Crippen LogP contribution in [0, 0.1) is 63.6 Å².